The molecule has 2 heterocycles. The van der Waals surface area contributed by atoms with Crippen LogP contribution in [-0.2, 0) is 13.1 Å². The fourth-order valence-corrected chi connectivity index (χ4v) is 3.75. The van der Waals surface area contributed by atoms with E-state index in [1.54, 1.807) is 0 Å². The maximum Gasteiger partial charge on any atom is 0.321 e. The lowest BCUT2D eigenvalue weighted by Gasteiger charge is -2.34. The van der Waals surface area contributed by atoms with Gasteiger partial charge in [0.2, 0.25) is 0 Å². The number of aromatic nitrogens is 1. The van der Waals surface area contributed by atoms with Crippen LogP contribution < -0.4 is 5.32 Å². The molecule has 140 valence electrons. The van der Waals surface area contributed by atoms with E-state index in [4.69, 9.17) is 0 Å². The first-order chi connectivity index (χ1) is 13.2. The summed E-state index contributed by atoms with van der Waals surface area (Å²) in [5, 5.41) is 4.21. The van der Waals surface area contributed by atoms with E-state index in [1.165, 1.54) is 5.56 Å². The zero-order valence-electron chi connectivity index (χ0n) is 15.8. The van der Waals surface area contributed by atoms with Crippen LogP contribution in [0.1, 0.15) is 12.5 Å². The number of rotatable bonds is 4. The van der Waals surface area contributed by atoms with Crippen molar-refractivity contribution in [1.29, 1.82) is 0 Å². The Morgan fingerprint density at radius 1 is 0.963 bits per heavy atom. The number of hydrogen-bond acceptors (Lipinski definition) is 2. The summed E-state index contributed by atoms with van der Waals surface area (Å²) in [7, 11) is 0. The largest absolute Gasteiger partial charge is 0.346 e. The Balaban J connectivity index is 1.37. The molecule has 0 aliphatic carbocycles. The first-order valence-corrected chi connectivity index (χ1v) is 9.64. The fourth-order valence-electron chi connectivity index (χ4n) is 3.75. The summed E-state index contributed by atoms with van der Waals surface area (Å²) in [5.41, 5.74) is 3.37. The van der Waals surface area contributed by atoms with Crippen LogP contribution in [0.2, 0.25) is 0 Å². The monoisotopic (exact) mass is 362 g/mol. The van der Waals surface area contributed by atoms with Gasteiger partial charge < -0.3 is 14.8 Å². The average Bonchev–Trinajstić information content (AvgIpc) is 3.07. The fraction of sp³-hybridized carbons (Fsp3) is 0.318. The van der Waals surface area contributed by atoms with Gasteiger partial charge in [-0.1, -0.05) is 48.5 Å². The Labute approximate surface area is 160 Å². The number of fused-ring (bicyclic) bond motifs is 1. The molecule has 4 rings (SSSR count). The number of nitrogens with one attached hydrogen (secondary N) is 1. The van der Waals surface area contributed by atoms with Gasteiger partial charge in [-0.25, -0.2) is 4.79 Å². The van der Waals surface area contributed by atoms with E-state index < -0.39 is 0 Å². The van der Waals surface area contributed by atoms with E-state index in [2.05, 4.69) is 58.1 Å². The maximum atomic E-state index is 12.8. The molecule has 0 unspecified atom stereocenters. The quantitative estimate of drug-likeness (QED) is 0.762. The van der Waals surface area contributed by atoms with Gasteiger partial charge in [-0.15, -0.1) is 0 Å². The van der Waals surface area contributed by atoms with Gasteiger partial charge in [0, 0.05) is 50.9 Å². The highest BCUT2D eigenvalue weighted by molar-refractivity contribution is 6.01. The number of piperazine rings is 1. The summed E-state index contributed by atoms with van der Waals surface area (Å²) in [4.78, 5) is 17.1. The minimum Gasteiger partial charge on any atom is -0.346 e. The van der Waals surface area contributed by atoms with Gasteiger partial charge in [0.25, 0.3) is 0 Å². The van der Waals surface area contributed by atoms with Gasteiger partial charge in [0.15, 0.2) is 0 Å². The third-order valence-electron chi connectivity index (χ3n) is 5.28. The van der Waals surface area contributed by atoms with E-state index in [0.717, 1.165) is 55.9 Å². The highest BCUT2D eigenvalue weighted by Crippen LogP contribution is 2.26. The van der Waals surface area contributed by atoms with Crippen molar-refractivity contribution in [3.63, 3.8) is 0 Å². The van der Waals surface area contributed by atoms with Crippen LogP contribution in [0.5, 0.6) is 0 Å². The molecule has 1 N–H and O–H groups in total. The van der Waals surface area contributed by atoms with Crippen molar-refractivity contribution in [2.24, 2.45) is 0 Å². The van der Waals surface area contributed by atoms with Crippen LogP contribution in [0, 0.1) is 0 Å². The van der Waals surface area contributed by atoms with Gasteiger partial charge in [-0.2, -0.15) is 0 Å². The zero-order chi connectivity index (χ0) is 18.6. The number of benzene rings is 2. The number of amides is 2. The molecule has 2 aromatic carbocycles. The zero-order valence-corrected chi connectivity index (χ0v) is 15.8. The summed E-state index contributed by atoms with van der Waals surface area (Å²) in [6, 6.07) is 18.7. The molecule has 1 aromatic heterocycles. The Morgan fingerprint density at radius 3 is 2.41 bits per heavy atom. The minimum atomic E-state index is -0.00614. The molecule has 0 spiro atoms. The maximum absolute atomic E-state index is 12.8. The van der Waals surface area contributed by atoms with Crippen molar-refractivity contribution in [1.82, 2.24) is 14.4 Å². The highest BCUT2D eigenvalue weighted by Gasteiger charge is 2.22. The highest BCUT2D eigenvalue weighted by atomic mass is 16.2. The van der Waals surface area contributed by atoms with Crippen LogP contribution in [0.4, 0.5) is 10.5 Å². The Hall–Kier alpha value is -2.79. The van der Waals surface area contributed by atoms with Gasteiger partial charge in [0.1, 0.15) is 0 Å². The molecule has 1 fully saturated rings. The van der Waals surface area contributed by atoms with E-state index >= 15 is 0 Å². The molecular weight excluding hydrogens is 336 g/mol. The normalized spacial score (nSPS) is 15.2. The summed E-state index contributed by atoms with van der Waals surface area (Å²) in [6.07, 6.45) is 2.04. The van der Waals surface area contributed by atoms with Crippen LogP contribution in [-0.4, -0.2) is 46.6 Å². The second-order valence-electron chi connectivity index (χ2n) is 7.02. The second-order valence-corrected chi connectivity index (χ2v) is 7.02. The van der Waals surface area contributed by atoms with Crippen molar-refractivity contribution in [2.45, 2.75) is 20.0 Å². The third kappa shape index (κ3) is 3.83. The van der Waals surface area contributed by atoms with E-state index in [9.17, 15) is 4.79 Å². The predicted molar refractivity (Wildman–Crippen MR) is 110 cm³/mol. The second kappa shape index (κ2) is 7.84. The van der Waals surface area contributed by atoms with Crippen LogP contribution >= 0.6 is 0 Å². The molecule has 2 amide bonds. The lowest BCUT2D eigenvalue weighted by Crippen LogP contribution is -2.49. The number of para-hydroxylation sites is 1. The molecule has 0 saturated carbocycles. The molecule has 1 aliphatic heterocycles. The van der Waals surface area contributed by atoms with E-state index in [0.29, 0.717) is 0 Å². The number of aryl methyl sites for hydroxylation is 1. The average molecular weight is 362 g/mol. The summed E-state index contributed by atoms with van der Waals surface area (Å²) >= 11 is 0. The third-order valence-corrected chi connectivity index (χ3v) is 5.28. The van der Waals surface area contributed by atoms with E-state index in [1.807, 2.05) is 29.3 Å². The number of carbonyl (C=O) groups excluding carboxylic acids is 1. The molecule has 0 bridgehead atoms. The molecular formula is C22H26N4O. The molecule has 5 heteroatoms. The minimum absolute atomic E-state index is 0.00614. The molecule has 0 atom stereocenters. The number of urea groups is 1. The molecule has 3 aromatic rings. The van der Waals surface area contributed by atoms with Crippen molar-refractivity contribution in [3.8, 4) is 0 Å². The van der Waals surface area contributed by atoms with Crippen molar-refractivity contribution >= 4 is 22.6 Å². The van der Waals surface area contributed by atoms with Crippen molar-refractivity contribution < 1.29 is 4.79 Å². The first-order valence-electron chi connectivity index (χ1n) is 9.64. The Kier molecular flexibility index (Phi) is 5.12. The van der Waals surface area contributed by atoms with Crippen LogP contribution in [0.15, 0.2) is 60.8 Å². The van der Waals surface area contributed by atoms with Crippen LogP contribution in [0.25, 0.3) is 10.9 Å². The van der Waals surface area contributed by atoms with Gasteiger partial charge in [-0.05, 0) is 18.6 Å². The van der Waals surface area contributed by atoms with Crippen molar-refractivity contribution in [2.75, 3.05) is 31.5 Å². The Morgan fingerprint density at radius 2 is 1.67 bits per heavy atom. The summed E-state index contributed by atoms with van der Waals surface area (Å²) in [5.74, 6) is 0. The lowest BCUT2D eigenvalue weighted by atomic mass is 10.2. The number of hydrogen-bond donors (Lipinski definition) is 1. The summed E-state index contributed by atoms with van der Waals surface area (Å²) in [6.45, 7) is 7.26. The van der Waals surface area contributed by atoms with Gasteiger partial charge in [0.05, 0.1) is 11.2 Å². The van der Waals surface area contributed by atoms with Gasteiger partial charge in [-0.3, -0.25) is 4.90 Å². The molecule has 1 saturated heterocycles. The topological polar surface area (TPSA) is 40.5 Å². The number of nitrogens with zero attached hydrogens (tertiary/aromatic N) is 3. The number of carbonyl (C=O) groups is 1. The summed E-state index contributed by atoms with van der Waals surface area (Å²) < 4.78 is 2.17. The van der Waals surface area contributed by atoms with Crippen molar-refractivity contribution in [3.05, 3.63) is 66.4 Å². The number of anilines is 1. The lowest BCUT2D eigenvalue weighted by molar-refractivity contribution is 0.143. The van der Waals surface area contributed by atoms with Crippen LogP contribution in [0.3, 0.4) is 0 Å². The predicted octanol–water partition coefficient (Wildman–Crippen LogP) is 4.01. The SMILES string of the molecule is CCn1cc(NC(=O)N2CCN(Cc3ccccc3)CC2)c2ccccc21. The first kappa shape index (κ1) is 17.6. The van der Waals surface area contributed by atoms with E-state index in [-0.39, 0.29) is 6.03 Å². The molecule has 5 nitrogen and oxygen atoms in total. The molecule has 1 aliphatic rings. The molecule has 0 radical (unpaired) electrons. The molecule has 27 heavy (non-hydrogen) atoms. The smallest absolute Gasteiger partial charge is 0.321 e. The van der Waals surface area contributed by atoms with Gasteiger partial charge >= 0.3 is 6.03 Å². The Bertz CT molecular complexity index is 910. The standard InChI is InChI=1S/C22H26N4O/c1-2-25-17-20(19-10-6-7-11-21(19)25)23-22(27)26-14-12-24(13-15-26)16-18-8-4-3-5-9-18/h3-11,17H,2,12-16H2,1H3,(H,23,27).